The summed E-state index contributed by atoms with van der Waals surface area (Å²) in [5.74, 6) is 0.952. The Morgan fingerprint density at radius 2 is 2.14 bits per heavy atom. The molecule has 2 aromatic rings. The van der Waals surface area contributed by atoms with Gasteiger partial charge in [-0.25, -0.2) is 0 Å². The molecule has 70 valence electrons. The Morgan fingerprint density at radius 1 is 1.29 bits per heavy atom. The third-order valence-electron chi connectivity index (χ3n) is 2.45. The second-order valence-electron chi connectivity index (χ2n) is 3.45. The Balaban J connectivity index is 2.28. The maximum absolute atomic E-state index is 5.59. The third-order valence-corrected chi connectivity index (χ3v) is 2.45. The number of aryl methyl sites for hydroxylation is 1. The number of benzene rings is 1. The quantitative estimate of drug-likeness (QED) is 0.629. The lowest BCUT2D eigenvalue weighted by molar-refractivity contribution is 0.296. The van der Waals surface area contributed by atoms with Gasteiger partial charge in [-0.3, -0.25) is 4.68 Å². The molecular weight excluding hydrogens is 176 g/mol. The highest BCUT2D eigenvalue weighted by molar-refractivity contribution is 5.73. The van der Waals surface area contributed by atoms with Crippen LogP contribution in [-0.4, -0.2) is 9.78 Å². The molecule has 0 bridgehead atoms. The van der Waals surface area contributed by atoms with Crippen molar-refractivity contribution in [1.29, 1.82) is 0 Å². The van der Waals surface area contributed by atoms with E-state index in [9.17, 15) is 0 Å². The zero-order valence-electron chi connectivity index (χ0n) is 7.90. The van der Waals surface area contributed by atoms with Gasteiger partial charge in [0.2, 0.25) is 0 Å². The number of para-hydroxylation sites is 1. The molecule has 3 rings (SSSR count). The van der Waals surface area contributed by atoms with Crippen LogP contribution in [0.1, 0.15) is 5.69 Å². The first-order valence-electron chi connectivity index (χ1n) is 4.59. The average molecular weight is 186 g/mol. The molecule has 14 heavy (non-hydrogen) atoms. The molecule has 3 heteroatoms. The molecule has 1 aromatic heterocycles. The summed E-state index contributed by atoms with van der Waals surface area (Å²) in [5, 5.41) is 4.34. The van der Waals surface area contributed by atoms with Crippen LogP contribution in [0.25, 0.3) is 11.1 Å². The summed E-state index contributed by atoms with van der Waals surface area (Å²) < 4.78 is 7.42. The van der Waals surface area contributed by atoms with Crippen molar-refractivity contribution >= 4 is 0 Å². The summed E-state index contributed by atoms with van der Waals surface area (Å²) >= 11 is 0. The predicted molar refractivity (Wildman–Crippen MR) is 53.0 cm³/mol. The first-order chi connectivity index (χ1) is 6.84. The Kier molecular flexibility index (Phi) is 1.42. The van der Waals surface area contributed by atoms with Gasteiger partial charge in [0.15, 0.2) is 0 Å². The van der Waals surface area contributed by atoms with Gasteiger partial charge in [-0.15, -0.1) is 0 Å². The van der Waals surface area contributed by atoms with Crippen LogP contribution in [-0.2, 0) is 13.7 Å². The summed E-state index contributed by atoms with van der Waals surface area (Å²) in [6, 6.07) is 8.06. The minimum Gasteiger partial charge on any atom is -0.487 e. The van der Waals surface area contributed by atoms with E-state index in [0.29, 0.717) is 6.61 Å². The molecule has 0 spiro atoms. The highest BCUT2D eigenvalue weighted by atomic mass is 16.5. The van der Waals surface area contributed by atoms with Gasteiger partial charge >= 0.3 is 0 Å². The van der Waals surface area contributed by atoms with Gasteiger partial charge in [-0.1, -0.05) is 18.2 Å². The van der Waals surface area contributed by atoms with E-state index >= 15 is 0 Å². The van der Waals surface area contributed by atoms with Gasteiger partial charge in [0.05, 0.1) is 0 Å². The second-order valence-corrected chi connectivity index (χ2v) is 3.45. The van der Waals surface area contributed by atoms with E-state index in [-0.39, 0.29) is 0 Å². The number of fused-ring (bicyclic) bond motifs is 3. The summed E-state index contributed by atoms with van der Waals surface area (Å²) in [7, 11) is 1.93. The van der Waals surface area contributed by atoms with Gasteiger partial charge in [-0.05, 0) is 6.07 Å². The summed E-state index contributed by atoms with van der Waals surface area (Å²) in [6.07, 6.45) is 2.04. The molecule has 0 saturated heterocycles. The second kappa shape index (κ2) is 2.61. The van der Waals surface area contributed by atoms with Crippen LogP contribution >= 0.6 is 0 Å². The molecule has 2 heterocycles. The van der Waals surface area contributed by atoms with E-state index in [0.717, 1.165) is 17.0 Å². The van der Waals surface area contributed by atoms with Crippen LogP contribution in [0.4, 0.5) is 0 Å². The molecule has 0 amide bonds. The molecule has 1 aromatic carbocycles. The molecule has 0 fully saturated rings. The fraction of sp³-hybridized carbons (Fsp3) is 0.182. The van der Waals surface area contributed by atoms with Crippen molar-refractivity contribution < 1.29 is 4.74 Å². The van der Waals surface area contributed by atoms with Gasteiger partial charge < -0.3 is 4.74 Å². The van der Waals surface area contributed by atoms with Crippen molar-refractivity contribution in [2.75, 3.05) is 0 Å². The van der Waals surface area contributed by atoms with Crippen molar-refractivity contribution in [3.05, 3.63) is 36.2 Å². The number of hydrogen-bond donors (Lipinski definition) is 0. The fourth-order valence-electron chi connectivity index (χ4n) is 1.83. The molecule has 0 radical (unpaired) electrons. The third kappa shape index (κ3) is 0.954. The normalized spacial score (nSPS) is 12.9. The smallest absolute Gasteiger partial charge is 0.133 e. The monoisotopic (exact) mass is 186 g/mol. The lowest BCUT2D eigenvalue weighted by Crippen LogP contribution is -2.04. The van der Waals surface area contributed by atoms with Crippen molar-refractivity contribution in [3.63, 3.8) is 0 Å². The van der Waals surface area contributed by atoms with Crippen LogP contribution in [0.2, 0.25) is 0 Å². The van der Waals surface area contributed by atoms with Crippen LogP contribution in [0.15, 0.2) is 30.5 Å². The lowest BCUT2D eigenvalue weighted by atomic mass is 10.0. The number of nitrogens with zero attached hydrogens (tertiary/aromatic N) is 2. The van der Waals surface area contributed by atoms with Crippen molar-refractivity contribution in [3.8, 4) is 16.9 Å². The van der Waals surface area contributed by atoms with Crippen LogP contribution in [0.5, 0.6) is 5.75 Å². The van der Waals surface area contributed by atoms with E-state index in [4.69, 9.17) is 4.74 Å². The van der Waals surface area contributed by atoms with E-state index in [1.807, 2.05) is 36.1 Å². The Labute approximate surface area is 81.9 Å². The van der Waals surface area contributed by atoms with Crippen molar-refractivity contribution in [2.45, 2.75) is 6.61 Å². The lowest BCUT2D eigenvalue weighted by Gasteiger charge is -2.15. The SMILES string of the molecule is Cn1cc2c(n1)COc1ccccc1-2. The molecule has 1 aliphatic heterocycles. The first kappa shape index (κ1) is 7.62. The summed E-state index contributed by atoms with van der Waals surface area (Å²) in [4.78, 5) is 0. The Morgan fingerprint density at radius 3 is 3.07 bits per heavy atom. The topological polar surface area (TPSA) is 27.1 Å². The number of rotatable bonds is 0. The molecule has 0 atom stereocenters. The minimum atomic E-state index is 0.577. The van der Waals surface area contributed by atoms with Gasteiger partial charge in [0, 0.05) is 24.4 Å². The number of hydrogen-bond acceptors (Lipinski definition) is 2. The standard InChI is InChI=1S/C11H10N2O/c1-13-6-9-8-4-2-3-5-11(8)14-7-10(9)12-13/h2-6H,7H2,1H3. The van der Waals surface area contributed by atoms with E-state index in [2.05, 4.69) is 11.2 Å². The molecule has 0 saturated carbocycles. The fourth-order valence-corrected chi connectivity index (χ4v) is 1.83. The summed E-state index contributed by atoms with van der Waals surface area (Å²) in [5.41, 5.74) is 3.35. The maximum atomic E-state index is 5.59. The maximum Gasteiger partial charge on any atom is 0.133 e. The Hall–Kier alpha value is -1.77. The summed E-state index contributed by atoms with van der Waals surface area (Å²) in [6.45, 7) is 0.577. The highest BCUT2D eigenvalue weighted by Crippen LogP contribution is 2.36. The average Bonchev–Trinajstić information content (AvgIpc) is 2.59. The van der Waals surface area contributed by atoms with E-state index in [1.165, 1.54) is 5.56 Å². The number of aromatic nitrogens is 2. The van der Waals surface area contributed by atoms with Crippen molar-refractivity contribution in [1.82, 2.24) is 9.78 Å². The predicted octanol–water partition coefficient (Wildman–Crippen LogP) is 1.98. The Bertz CT molecular complexity index is 488. The van der Waals surface area contributed by atoms with Crippen LogP contribution < -0.4 is 4.74 Å². The first-order valence-corrected chi connectivity index (χ1v) is 4.59. The van der Waals surface area contributed by atoms with Gasteiger partial charge in [0.25, 0.3) is 0 Å². The zero-order valence-corrected chi connectivity index (χ0v) is 7.90. The van der Waals surface area contributed by atoms with Gasteiger partial charge in [-0.2, -0.15) is 5.10 Å². The van der Waals surface area contributed by atoms with Gasteiger partial charge in [0.1, 0.15) is 18.1 Å². The van der Waals surface area contributed by atoms with Crippen molar-refractivity contribution in [2.24, 2.45) is 7.05 Å². The van der Waals surface area contributed by atoms with E-state index < -0.39 is 0 Å². The molecule has 1 aliphatic rings. The van der Waals surface area contributed by atoms with Crippen LogP contribution in [0, 0.1) is 0 Å². The molecule has 0 N–H and O–H groups in total. The molecule has 0 unspecified atom stereocenters. The minimum absolute atomic E-state index is 0.577. The zero-order chi connectivity index (χ0) is 9.54. The highest BCUT2D eigenvalue weighted by Gasteiger charge is 2.19. The molecule has 3 nitrogen and oxygen atoms in total. The largest absolute Gasteiger partial charge is 0.487 e. The van der Waals surface area contributed by atoms with Crippen LogP contribution in [0.3, 0.4) is 0 Å². The molecule has 0 aliphatic carbocycles. The number of ether oxygens (including phenoxy) is 1. The van der Waals surface area contributed by atoms with E-state index in [1.54, 1.807) is 0 Å². The molecular formula is C11H10N2O.